The number of aromatic nitrogens is 1. The summed E-state index contributed by atoms with van der Waals surface area (Å²) in [6.07, 6.45) is 0.760. The minimum atomic E-state index is -0.247. The van der Waals surface area contributed by atoms with Gasteiger partial charge in [-0.1, -0.05) is 29.8 Å². The Kier molecular flexibility index (Phi) is 5.42. The molecular formula is C27H27N3O3. The van der Waals surface area contributed by atoms with Crippen LogP contribution in [0.1, 0.15) is 28.4 Å². The number of H-pyrrole nitrogens is 1. The molecule has 1 aliphatic rings. The van der Waals surface area contributed by atoms with Crippen LogP contribution in [0.25, 0.3) is 10.9 Å². The van der Waals surface area contributed by atoms with Crippen molar-refractivity contribution in [3.8, 4) is 11.5 Å². The summed E-state index contributed by atoms with van der Waals surface area (Å²) in [4.78, 5) is 18.9. The Morgan fingerprint density at radius 1 is 0.970 bits per heavy atom. The largest absolute Gasteiger partial charge is 0.497 e. The van der Waals surface area contributed by atoms with Crippen LogP contribution in [0, 0.1) is 6.92 Å². The quantitative estimate of drug-likeness (QED) is 0.429. The number of hydrogen-bond acceptors (Lipinski definition) is 3. The van der Waals surface area contributed by atoms with Gasteiger partial charge >= 0.3 is 6.03 Å². The van der Waals surface area contributed by atoms with Crippen molar-refractivity contribution in [3.63, 3.8) is 0 Å². The molecule has 0 fully saturated rings. The van der Waals surface area contributed by atoms with Gasteiger partial charge in [-0.2, -0.15) is 0 Å². The van der Waals surface area contributed by atoms with Gasteiger partial charge in [0, 0.05) is 28.8 Å². The van der Waals surface area contributed by atoms with E-state index in [9.17, 15) is 4.79 Å². The maximum absolute atomic E-state index is 13.4. The number of amides is 2. The second kappa shape index (κ2) is 8.54. The van der Waals surface area contributed by atoms with E-state index < -0.39 is 0 Å². The Morgan fingerprint density at radius 2 is 1.67 bits per heavy atom. The van der Waals surface area contributed by atoms with Crippen molar-refractivity contribution in [1.29, 1.82) is 0 Å². The van der Waals surface area contributed by atoms with Gasteiger partial charge in [-0.3, -0.25) is 0 Å². The summed E-state index contributed by atoms with van der Waals surface area (Å²) >= 11 is 0. The molecule has 33 heavy (non-hydrogen) atoms. The van der Waals surface area contributed by atoms with Crippen LogP contribution in [0.5, 0.6) is 11.5 Å². The third-order valence-corrected chi connectivity index (χ3v) is 6.33. The van der Waals surface area contributed by atoms with Crippen molar-refractivity contribution < 1.29 is 14.3 Å². The summed E-state index contributed by atoms with van der Waals surface area (Å²) in [5.74, 6) is 1.61. The van der Waals surface area contributed by atoms with Gasteiger partial charge in [0.25, 0.3) is 0 Å². The number of urea groups is 1. The number of aromatic amines is 1. The van der Waals surface area contributed by atoms with E-state index in [1.165, 1.54) is 5.56 Å². The zero-order chi connectivity index (χ0) is 22.9. The van der Waals surface area contributed by atoms with Gasteiger partial charge in [0.05, 0.1) is 20.3 Å². The van der Waals surface area contributed by atoms with E-state index >= 15 is 0 Å². The number of benzene rings is 3. The summed E-state index contributed by atoms with van der Waals surface area (Å²) in [6.45, 7) is 2.63. The van der Waals surface area contributed by atoms with Crippen LogP contribution in [-0.4, -0.2) is 36.7 Å². The molecular weight excluding hydrogens is 414 g/mol. The van der Waals surface area contributed by atoms with Crippen molar-refractivity contribution in [1.82, 2.24) is 9.88 Å². The van der Waals surface area contributed by atoms with E-state index in [-0.39, 0.29) is 12.1 Å². The molecule has 1 aliphatic heterocycles. The Balaban J connectivity index is 1.57. The topological polar surface area (TPSA) is 66.6 Å². The highest BCUT2D eigenvalue weighted by atomic mass is 16.5. The van der Waals surface area contributed by atoms with Crippen LogP contribution in [0.3, 0.4) is 0 Å². The molecule has 1 aromatic heterocycles. The first-order chi connectivity index (χ1) is 16.1. The molecule has 0 saturated carbocycles. The molecule has 0 saturated heterocycles. The second-order valence-corrected chi connectivity index (χ2v) is 8.34. The summed E-state index contributed by atoms with van der Waals surface area (Å²) in [5.41, 5.74) is 6.26. The molecule has 3 aromatic carbocycles. The predicted molar refractivity (Wildman–Crippen MR) is 130 cm³/mol. The van der Waals surface area contributed by atoms with Gasteiger partial charge in [-0.15, -0.1) is 0 Å². The Labute approximate surface area is 193 Å². The van der Waals surface area contributed by atoms with Gasteiger partial charge in [0.2, 0.25) is 0 Å². The zero-order valence-corrected chi connectivity index (χ0v) is 19.0. The molecule has 0 bridgehead atoms. The summed E-state index contributed by atoms with van der Waals surface area (Å²) in [5, 5.41) is 4.21. The zero-order valence-electron chi connectivity index (χ0n) is 19.0. The molecule has 2 amide bonds. The van der Waals surface area contributed by atoms with E-state index in [4.69, 9.17) is 9.47 Å². The van der Waals surface area contributed by atoms with Crippen molar-refractivity contribution >= 4 is 22.6 Å². The van der Waals surface area contributed by atoms with Crippen molar-refractivity contribution in [2.45, 2.75) is 19.4 Å². The van der Waals surface area contributed by atoms with Gasteiger partial charge in [-0.25, -0.2) is 4.79 Å². The predicted octanol–water partition coefficient (Wildman–Crippen LogP) is 5.67. The van der Waals surface area contributed by atoms with Crippen LogP contribution in [0.15, 0.2) is 66.7 Å². The lowest BCUT2D eigenvalue weighted by molar-refractivity contribution is 0.193. The van der Waals surface area contributed by atoms with Crippen LogP contribution in [-0.2, 0) is 6.42 Å². The number of aryl methyl sites for hydroxylation is 1. The molecule has 6 nitrogen and oxygen atoms in total. The lowest BCUT2D eigenvalue weighted by Crippen LogP contribution is -2.43. The lowest BCUT2D eigenvalue weighted by atomic mass is 9.92. The van der Waals surface area contributed by atoms with E-state index in [1.807, 2.05) is 72.5 Å². The van der Waals surface area contributed by atoms with Crippen LogP contribution in [0.4, 0.5) is 10.5 Å². The number of methoxy groups -OCH3 is 2. The highest BCUT2D eigenvalue weighted by molar-refractivity contribution is 5.92. The van der Waals surface area contributed by atoms with Crippen molar-refractivity contribution in [3.05, 3.63) is 89.1 Å². The SMILES string of the molecule is COc1ccc([C@H]2c3[nH]c4ccc(OC)cc4c3CCN2C(=O)Nc2ccc(C)cc2)cc1. The fraction of sp³-hybridized carbons (Fsp3) is 0.222. The number of carbonyl (C=O) groups excluding carboxylic acids is 1. The number of ether oxygens (including phenoxy) is 2. The normalized spacial score (nSPS) is 15.2. The number of nitrogens with one attached hydrogen (secondary N) is 2. The summed E-state index contributed by atoms with van der Waals surface area (Å²) < 4.78 is 10.8. The van der Waals surface area contributed by atoms with Gasteiger partial charge < -0.3 is 24.7 Å². The van der Waals surface area contributed by atoms with E-state index in [0.717, 1.165) is 51.3 Å². The van der Waals surface area contributed by atoms with Gasteiger partial charge in [0.15, 0.2) is 0 Å². The van der Waals surface area contributed by atoms with Crippen LogP contribution in [0.2, 0.25) is 0 Å². The third kappa shape index (κ3) is 3.89. The highest BCUT2D eigenvalue weighted by Gasteiger charge is 2.34. The fourth-order valence-corrected chi connectivity index (χ4v) is 4.58. The fourth-order valence-electron chi connectivity index (χ4n) is 4.58. The Morgan fingerprint density at radius 3 is 2.36 bits per heavy atom. The minimum Gasteiger partial charge on any atom is -0.497 e. The molecule has 0 aliphatic carbocycles. The van der Waals surface area contributed by atoms with Crippen molar-refractivity contribution in [2.24, 2.45) is 0 Å². The summed E-state index contributed by atoms with van der Waals surface area (Å²) in [7, 11) is 3.33. The molecule has 0 unspecified atom stereocenters. The first-order valence-electron chi connectivity index (χ1n) is 11.0. The lowest BCUT2D eigenvalue weighted by Gasteiger charge is -2.36. The second-order valence-electron chi connectivity index (χ2n) is 8.34. The maximum Gasteiger partial charge on any atom is 0.322 e. The standard InChI is InChI=1S/C27H27N3O3/c1-17-4-8-19(9-5-17)28-27(31)30-15-14-22-23-16-21(33-3)12-13-24(23)29-25(22)26(30)18-6-10-20(32-2)11-7-18/h4-13,16,26,29H,14-15H2,1-3H3,(H,28,31)/t26-/m0/s1. The minimum absolute atomic E-state index is 0.124. The monoisotopic (exact) mass is 441 g/mol. The molecule has 0 spiro atoms. The molecule has 6 heteroatoms. The van der Waals surface area contributed by atoms with Crippen molar-refractivity contribution in [2.75, 3.05) is 26.1 Å². The molecule has 1 atom stereocenters. The van der Waals surface area contributed by atoms with Gasteiger partial charge in [-0.05, 0) is 66.9 Å². The first kappa shape index (κ1) is 20.9. The number of hydrogen-bond donors (Lipinski definition) is 2. The Bertz CT molecular complexity index is 1290. The molecule has 4 aromatic rings. The maximum atomic E-state index is 13.4. The van der Waals surface area contributed by atoms with E-state index in [1.54, 1.807) is 14.2 Å². The molecule has 0 radical (unpaired) electrons. The average molecular weight is 442 g/mol. The summed E-state index contributed by atoms with van der Waals surface area (Å²) in [6, 6.07) is 21.5. The molecule has 2 heterocycles. The number of rotatable bonds is 4. The third-order valence-electron chi connectivity index (χ3n) is 6.33. The van der Waals surface area contributed by atoms with E-state index in [0.29, 0.717) is 6.54 Å². The number of fused-ring (bicyclic) bond motifs is 3. The Hall–Kier alpha value is -3.93. The number of nitrogens with zero attached hydrogens (tertiary/aromatic N) is 1. The average Bonchev–Trinajstić information content (AvgIpc) is 3.22. The molecule has 5 rings (SSSR count). The highest BCUT2D eigenvalue weighted by Crippen LogP contribution is 2.40. The number of carbonyl (C=O) groups is 1. The van der Waals surface area contributed by atoms with Gasteiger partial charge in [0.1, 0.15) is 11.5 Å². The smallest absolute Gasteiger partial charge is 0.322 e. The number of anilines is 1. The van der Waals surface area contributed by atoms with Crippen LogP contribution >= 0.6 is 0 Å². The first-order valence-corrected chi connectivity index (χ1v) is 11.0. The molecule has 2 N–H and O–H groups in total. The molecule has 168 valence electrons. The van der Waals surface area contributed by atoms with Crippen LogP contribution < -0.4 is 14.8 Å². The van der Waals surface area contributed by atoms with E-state index in [2.05, 4.69) is 16.4 Å².